The molecular formula is C22H27ClO2S. The fourth-order valence-corrected chi connectivity index (χ4v) is 5.20. The Bertz CT molecular complexity index is 729. The molecule has 1 fully saturated rings. The van der Waals surface area contributed by atoms with E-state index >= 15 is 0 Å². The van der Waals surface area contributed by atoms with Gasteiger partial charge in [-0.2, -0.15) is 0 Å². The van der Waals surface area contributed by atoms with Gasteiger partial charge in [-0.1, -0.05) is 61.8 Å². The monoisotopic (exact) mass is 390 g/mol. The Labute approximate surface area is 165 Å². The fourth-order valence-electron chi connectivity index (χ4n) is 3.49. The molecule has 0 bridgehead atoms. The van der Waals surface area contributed by atoms with Gasteiger partial charge in [0, 0.05) is 15.5 Å². The number of hydrogen-bond acceptors (Lipinski definition) is 3. The summed E-state index contributed by atoms with van der Waals surface area (Å²) in [5.74, 6) is 0.533. The van der Waals surface area contributed by atoms with E-state index in [1.165, 1.54) is 16.7 Å². The summed E-state index contributed by atoms with van der Waals surface area (Å²) in [7, 11) is 0. The molecule has 2 nitrogen and oxygen atoms in total. The molecule has 3 rings (SSSR count). The maximum Gasteiger partial charge on any atom is 0.0565 e. The zero-order valence-electron chi connectivity index (χ0n) is 15.4. The van der Waals surface area contributed by atoms with Gasteiger partial charge in [0.2, 0.25) is 0 Å². The summed E-state index contributed by atoms with van der Waals surface area (Å²) in [5.41, 5.74) is 4.89. The van der Waals surface area contributed by atoms with Crippen molar-refractivity contribution in [1.29, 1.82) is 0 Å². The molecule has 3 unspecified atom stereocenters. The van der Waals surface area contributed by atoms with Crippen LogP contribution in [0.15, 0.2) is 42.5 Å². The van der Waals surface area contributed by atoms with Gasteiger partial charge in [-0.15, -0.1) is 11.8 Å². The third-order valence-electron chi connectivity index (χ3n) is 5.06. The van der Waals surface area contributed by atoms with Gasteiger partial charge < -0.3 is 10.2 Å². The molecule has 26 heavy (non-hydrogen) atoms. The summed E-state index contributed by atoms with van der Waals surface area (Å²) in [6.07, 6.45) is 1.85. The van der Waals surface area contributed by atoms with E-state index in [0.717, 1.165) is 23.4 Å². The average Bonchev–Trinajstić information content (AvgIpc) is 2.63. The normalized spacial score (nSPS) is 23.4. The second-order valence-corrected chi connectivity index (χ2v) is 9.39. The molecule has 0 spiro atoms. The molecule has 0 radical (unpaired) electrons. The lowest BCUT2D eigenvalue weighted by Crippen LogP contribution is -2.26. The zero-order chi connectivity index (χ0) is 18.7. The van der Waals surface area contributed by atoms with Crippen LogP contribution in [0, 0.1) is 0 Å². The number of rotatable bonds is 5. The molecule has 0 saturated carbocycles. The maximum atomic E-state index is 10.1. The van der Waals surface area contributed by atoms with Crippen molar-refractivity contribution in [2.45, 2.75) is 55.6 Å². The first-order chi connectivity index (χ1) is 12.5. The zero-order valence-corrected chi connectivity index (χ0v) is 16.9. The second kappa shape index (κ2) is 8.79. The summed E-state index contributed by atoms with van der Waals surface area (Å²) in [6.45, 7) is 4.51. The topological polar surface area (TPSA) is 40.5 Å². The molecule has 0 amide bonds. The van der Waals surface area contributed by atoms with Crippen molar-refractivity contribution in [2.24, 2.45) is 0 Å². The van der Waals surface area contributed by atoms with Crippen molar-refractivity contribution in [2.75, 3.05) is 6.61 Å². The van der Waals surface area contributed by atoms with Gasteiger partial charge in [0.1, 0.15) is 0 Å². The van der Waals surface area contributed by atoms with Crippen molar-refractivity contribution in [3.63, 3.8) is 0 Å². The molecule has 1 aliphatic rings. The molecule has 1 aliphatic heterocycles. The van der Waals surface area contributed by atoms with E-state index in [1.54, 1.807) is 11.8 Å². The minimum atomic E-state index is -0.346. The van der Waals surface area contributed by atoms with Crippen LogP contribution in [-0.4, -0.2) is 28.2 Å². The van der Waals surface area contributed by atoms with E-state index < -0.39 is 0 Å². The largest absolute Gasteiger partial charge is 0.395 e. The summed E-state index contributed by atoms with van der Waals surface area (Å²) in [5, 5.41) is 20.7. The lowest BCUT2D eigenvalue weighted by molar-refractivity contribution is 0.137. The Morgan fingerprint density at radius 1 is 1.12 bits per heavy atom. The van der Waals surface area contributed by atoms with E-state index in [4.69, 9.17) is 11.6 Å². The first-order valence-electron chi connectivity index (χ1n) is 9.27. The standard InChI is InChI=1S/C22H27ClO2S/c1-14(2)16-5-3-15(4-6-16)9-18-10-17(7-8-21(18)23)22-12-19(25)11-20(13-24)26-22/h3-8,10,14,19-20,22,24-25H,9,11-13H2,1-2H3. The molecule has 2 aromatic carbocycles. The van der Waals surface area contributed by atoms with Crippen LogP contribution in [0.2, 0.25) is 5.02 Å². The summed E-state index contributed by atoms with van der Waals surface area (Å²) < 4.78 is 0. The van der Waals surface area contributed by atoms with Crippen LogP contribution >= 0.6 is 23.4 Å². The Morgan fingerprint density at radius 2 is 1.85 bits per heavy atom. The Hall–Kier alpha value is -1.00. The van der Waals surface area contributed by atoms with Gasteiger partial charge in [0.15, 0.2) is 0 Å². The van der Waals surface area contributed by atoms with Gasteiger partial charge in [-0.05, 0) is 53.5 Å². The van der Waals surface area contributed by atoms with Gasteiger partial charge in [-0.25, -0.2) is 0 Å². The summed E-state index contributed by atoms with van der Waals surface area (Å²) in [4.78, 5) is 0. The first kappa shape index (κ1) is 19.8. The Kier molecular flexibility index (Phi) is 6.68. The van der Waals surface area contributed by atoms with E-state index in [2.05, 4.69) is 50.2 Å². The Balaban J connectivity index is 1.79. The van der Waals surface area contributed by atoms with Crippen LogP contribution in [0.25, 0.3) is 0 Å². The molecule has 3 atom stereocenters. The highest BCUT2D eigenvalue weighted by atomic mass is 35.5. The third kappa shape index (κ3) is 4.83. The summed E-state index contributed by atoms with van der Waals surface area (Å²) >= 11 is 8.22. The number of thioether (sulfide) groups is 1. The van der Waals surface area contributed by atoms with Gasteiger partial charge >= 0.3 is 0 Å². The van der Waals surface area contributed by atoms with E-state index in [0.29, 0.717) is 12.3 Å². The van der Waals surface area contributed by atoms with E-state index in [1.807, 2.05) is 6.07 Å². The molecule has 2 aromatic rings. The highest BCUT2D eigenvalue weighted by Crippen LogP contribution is 2.43. The van der Waals surface area contributed by atoms with Crippen LogP contribution in [-0.2, 0) is 6.42 Å². The molecule has 4 heteroatoms. The van der Waals surface area contributed by atoms with Gasteiger partial charge in [-0.3, -0.25) is 0 Å². The highest BCUT2D eigenvalue weighted by Gasteiger charge is 2.29. The number of hydrogen-bond donors (Lipinski definition) is 2. The van der Waals surface area contributed by atoms with Crippen molar-refractivity contribution >= 4 is 23.4 Å². The summed E-state index contributed by atoms with van der Waals surface area (Å²) in [6, 6.07) is 14.9. The van der Waals surface area contributed by atoms with E-state index in [9.17, 15) is 10.2 Å². The lowest BCUT2D eigenvalue weighted by atomic mass is 9.96. The van der Waals surface area contributed by atoms with Crippen LogP contribution in [0.5, 0.6) is 0 Å². The number of benzene rings is 2. The van der Waals surface area contributed by atoms with Crippen LogP contribution in [0.4, 0.5) is 0 Å². The van der Waals surface area contributed by atoms with Gasteiger partial charge in [0.25, 0.3) is 0 Å². The molecular weight excluding hydrogens is 364 g/mol. The van der Waals surface area contributed by atoms with Crippen molar-refractivity contribution < 1.29 is 10.2 Å². The predicted octanol–water partition coefficient (Wildman–Crippen LogP) is 5.34. The minimum Gasteiger partial charge on any atom is -0.395 e. The molecule has 0 aliphatic carbocycles. The lowest BCUT2D eigenvalue weighted by Gasteiger charge is -2.31. The van der Waals surface area contributed by atoms with Crippen molar-refractivity contribution in [3.8, 4) is 0 Å². The van der Waals surface area contributed by atoms with Crippen LogP contribution < -0.4 is 0 Å². The van der Waals surface area contributed by atoms with Gasteiger partial charge in [0.05, 0.1) is 12.7 Å². The van der Waals surface area contributed by atoms with Crippen molar-refractivity contribution in [3.05, 3.63) is 69.7 Å². The third-order valence-corrected chi connectivity index (χ3v) is 6.95. The Morgan fingerprint density at radius 3 is 2.50 bits per heavy atom. The average molecular weight is 391 g/mol. The quantitative estimate of drug-likeness (QED) is 0.723. The number of halogens is 1. The second-order valence-electron chi connectivity index (χ2n) is 7.48. The molecule has 1 heterocycles. The fraction of sp³-hybridized carbons (Fsp3) is 0.455. The first-order valence-corrected chi connectivity index (χ1v) is 10.6. The maximum absolute atomic E-state index is 10.1. The van der Waals surface area contributed by atoms with E-state index in [-0.39, 0.29) is 23.2 Å². The van der Waals surface area contributed by atoms with Crippen molar-refractivity contribution in [1.82, 2.24) is 0 Å². The SMILES string of the molecule is CC(C)c1ccc(Cc2cc(C3CC(O)CC(CO)S3)ccc2Cl)cc1. The number of aliphatic hydroxyl groups excluding tert-OH is 2. The molecule has 2 N–H and O–H groups in total. The number of aliphatic hydroxyl groups is 2. The minimum absolute atomic E-state index is 0.103. The van der Waals surface area contributed by atoms with Crippen LogP contribution in [0.3, 0.4) is 0 Å². The smallest absolute Gasteiger partial charge is 0.0565 e. The molecule has 140 valence electrons. The highest BCUT2D eigenvalue weighted by molar-refractivity contribution is 8.00. The molecule has 0 aromatic heterocycles. The predicted molar refractivity (Wildman–Crippen MR) is 111 cm³/mol. The molecule has 1 saturated heterocycles. The van der Waals surface area contributed by atoms with Crippen LogP contribution in [0.1, 0.15) is 60.1 Å².